The highest BCUT2D eigenvalue weighted by Crippen LogP contribution is 2.30. The van der Waals surface area contributed by atoms with Crippen LogP contribution in [0.1, 0.15) is 102 Å². The van der Waals surface area contributed by atoms with Crippen LogP contribution in [0, 0.1) is 39.0 Å². The van der Waals surface area contributed by atoms with Gasteiger partial charge in [-0.15, -0.1) is 25.5 Å². The summed E-state index contributed by atoms with van der Waals surface area (Å²) >= 11 is 60.8. The van der Waals surface area contributed by atoms with Crippen molar-refractivity contribution in [1.29, 1.82) is 5.26 Å². The lowest BCUT2D eigenvalue weighted by molar-refractivity contribution is -0.116. The van der Waals surface area contributed by atoms with Crippen molar-refractivity contribution in [2.75, 3.05) is 78.2 Å². The second-order valence-electron chi connectivity index (χ2n) is 28.9. The van der Waals surface area contributed by atoms with Crippen LogP contribution in [-0.4, -0.2) is 205 Å². The van der Waals surface area contributed by atoms with E-state index < -0.39 is 5.97 Å². The molecule has 44 heteroatoms. The molecule has 5 aromatic carbocycles. The number of ether oxygens (including phenoxy) is 2. The number of ketones is 8. The molecule has 0 amide bonds. The van der Waals surface area contributed by atoms with E-state index in [1.54, 1.807) is 52.9 Å². The predicted octanol–water partition coefficient (Wildman–Crippen LogP) is 17.0. The van der Waals surface area contributed by atoms with Gasteiger partial charge in [0.15, 0.2) is 0 Å². The number of nitrogens with zero attached hydrogens (tertiary/aromatic N) is 17. The summed E-state index contributed by atoms with van der Waals surface area (Å²) in [6.07, 6.45) is 7.20. The number of methoxy groups -OCH3 is 2. The molecule has 1 saturated heterocycles. The van der Waals surface area contributed by atoms with Gasteiger partial charge in [0.2, 0.25) is 5.95 Å². The molecule has 135 heavy (non-hydrogen) atoms. The zero-order valence-electron chi connectivity index (χ0n) is 73.7. The fraction of sp³-hybridized carbons (Fsp3) is 0.297. The van der Waals surface area contributed by atoms with Crippen LogP contribution in [0.5, 0.6) is 5.75 Å². The van der Waals surface area contributed by atoms with E-state index in [0.29, 0.717) is 86.9 Å². The smallest absolute Gasteiger partial charge is 0.377 e. The molecule has 0 radical (unpaired) electrons. The number of para-hydroxylation sites is 2. The molecule has 13 aromatic rings. The Labute approximate surface area is 861 Å². The van der Waals surface area contributed by atoms with Gasteiger partial charge < -0.3 is 14.4 Å². The number of carbonyl (C=O) groups excluding carboxylic acids is 9. The molecule has 710 valence electrons. The highest BCUT2D eigenvalue weighted by atomic mass is 79.9. The van der Waals surface area contributed by atoms with Gasteiger partial charge in [-0.1, -0.05) is 118 Å². The van der Waals surface area contributed by atoms with Crippen LogP contribution < -0.4 is 9.64 Å². The normalized spacial score (nSPS) is 11.1. The van der Waals surface area contributed by atoms with E-state index >= 15 is 0 Å². The number of aromatic amines is 1. The second-order valence-corrected chi connectivity index (χ2v) is 36.0. The van der Waals surface area contributed by atoms with Crippen LogP contribution in [-0.2, 0) is 94.5 Å². The van der Waals surface area contributed by atoms with Gasteiger partial charge in [0.1, 0.15) is 94.2 Å². The maximum atomic E-state index is 11.6. The molecule has 0 aliphatic carbocycles. The number of pyridine rings is 1. The molecule has 1 N–H and O–H groups in total. The molecule has 0 spiro atoms. The van der Waals surface area contributed by atoms with Crippen molar-refractivity contribution < 1.29 is 52.6 Å². The number of halogens is 5. The van der Waals surface area contributed by atoms with Crippen LogP contribution in [0.15, 0.2) is 162 Å². The number of aryl methyl sites for hydroxylation is 4. The first-order valence-electron chi connectivity index (χ1n) is 40.9. The number of anilines is 1. The third-order valence-electron chi connectivity index (χ3n) is 18.4. The van der Waals surface area contributed by atoms with Crippen molar-refractivity contribution in [3.05, 3.63) is 261 Å². The molecular formula is C91H95BrCl4N18O11S10. The van der Waals surface area contributed by atoms with Crippen molar-refractivity contribution in [2.45, 2.75) is 98.3 Å². The minimum atomic E-state index is -0.633. The van der Waals surface area contributed by atoms with Crippen LogP contribution in [0.2, 0.25) is 20.4 Å². The maximum Gasteiger partial charge on any atom is 0.377 e. The molecule has 9 heterocycles. The molecular weight excluding hydrogens is 2060 g/mol. The van der Waals surface area contributed by atoms with Gasteiger partial charge in [-0.3, -0.25) is 43.5 Å². The SMILES string of the molecule is COC(=O)c1n[nH]c(CC(=O)CS)n1.COc1ccc(-c2nnc(CC(=O)CS)s2)cc1.Cc1cc(CC(=O)CS)n(-c2ccc(Cl)cc2)n1.Cc1cc(CC(=O)CS)n(-c2ccccc2C)n1.Cc1nn(-c2ccccc2)c(CC(=O)CS)c1Br.N#Cc1cnc(N2CCCCC2)nc1CC(=O)CS.O=C(CS)Cc1cc(Cl)nc(Cl)c1.O=C(CS)Cc1nnc(-c2ccc(Cl)cc2)s1. The zero-order chi connectivity index (χ0) is 98.6. The highest BCUT2D eigenvalue weighted by Gasteiger charge is 2.22. The Morgan fingerprint density at radius 1 is 0.489 bits per heavy atom. The van der Waals surface area contributed by atoms with Gasteiger partial charge in [-0.2, -0.15) is 122 Å². The van der Waals surface area contributed by atoms with E-state index in [4.69, 9.17) is 56.4 Å². The minimum absolute atomic E-state index is 0.0293. The van der Waals surface area contributed by atoms with Crippen LogP contribution >= 0.6 is 186 Å². The molecule has 8 aromatic heterocycles. The summed E-state index contributed by atoms with van der Waals surface area (Å²) in [4.78, 5) is 120. The molecule has 1 aliphatic heterocycles. The summed E-state index contributed by atoms with van der Waals surface area (Å²) in [7, 11) is 2.86. The standard InChI is InChI=1S/C14H16N2OS.C13H13BrN2OS.C13H13ClN2OS.C13H16N4OS.C12H12N2O2S2.C11H9ClN2OS2.C8H7Cl2NOS.C7H9N3O3S/c1-10-5-3-4-6-14(10)16-12(7-11(2)15-16)8-13(17)9-18;1-9-13(14)12(7-11(17)8-18)16(15-9)10-5-3-2-4-6-10;1-9-6-12(7-13(17)8-18)16(15-9)11-4-2-10(14)3-5-11;14-7-10-8-15-13(17-4-2-1-3-5-17)16-12(10)6-11(18)9-19;1-16-10-4-2-8(3-5-10)12-14-13-11(18-12)6-9(15)7-17;12-8-3-1-7(2-4-8)11-14-13-10(17-11)5-9(15)6-16;9-7-2-5(1-6(12)4-13)3-8(10)11-7;1-13-7(12)6-8-5(9-10-6)2-4(11)3-14/h3-7,18H,8-9H2,1-2H3;2*2-6,18H,7-8H2,1H3;8,19H,1-6,9H2;2-5,17H,6-7H2,1H3;1-4,16H,5-6H2;2-3,13H,1,4H2;14H,2-3H2,1H3,(H,8,9,10). The lowest BCUT2D eigenvalue weighted by Crippen LogP contribution is -2.31. The van der Waals surface area contributed by atoms with E-state index in [-0.39, 0.29) is 111 Å². The van der Waals surface area contributed by atoms with E-state index in [2.05, 4.69) is 192 Å². The number of esters is 1. The zero-order valence-corrected chi connectivity index (χ0v) is 87.1. The average molecular weight is 2160 g/mol. The summed E-state index contributed by atoms with van der Waals surface area (Å²) in [5, 5.41) is 49.5. The molecule has 0 saturated carbocycles. The fourth-order valence-corrected chi connectivity index (χ4v) is 15.7. The van der Waals surface area contributed by atoms with Gasteiger partial charge in [-0.25, -0.2) is 38.8 Å². The fourth-order valence-electron chi connectivity index (χ4n) is 11.9. The van der Waals surface area contributed by atoms with E-state index in [1.807, 2.05) is 154 Å². The number of nitrogens with one attached hydrogen (secondary N) is 1. The highest BCUT2D eigenvalue weighted by molar-refractivity contribution is 9.10. The largest absolute Gasteiger partial charge is 0.497 e. The van der Waals surface area contributed by atoms with Gasteiger partial charge in [0.25, 0.3) is 5.82 Å². The van der Waals surface area contributed by atoms with E-state index in [9.17, 15) is 43.2 Å². The van der Waals surface area contributed by atoms with Crippen molar-refractivity contribution >= 4 is 244 Å². The maximum absolute atomic E-state index is 11.6. The number of nitriles is 1. The molecule has 14 rings (SSSR count). The lowest BCUT2D eigenvalue weighted by atomic mass is 10.1. The van der Waals surface area contributed by atoms with Crippen molar-refractivity contribution in [3.8, 4) is 50.0 Å². The molecule has 29 nitrogen and oxygen atoms in total. The number of thiol groups is 8. The summed E-state index contributed by atoms with van der Waals surface area (Å²) in [6, 6.07) is 49.3. The van der Waals surface area contributed by atoms with Crippen molar-refractivity contribution in [1.82, 2.24) is 79.9 Å². The monoisotopic (exact) mass is 2150 g/mol. The van der Waals surface area contributed by atoms with E-state index in [1.165, 1.54) is 42.4 Å². The molecule has 0 bridgehead atoms. The molecule has 0 atom stereocenters. The van der Waals surface area contributed by atoms with Crippen LogP contribution in [0.3, 0.4) is 0 Å². The Morgan fingerprint density at radius 2 is 0.948 bits per heavy atom. The quantitative estimate of drug-likeness (QED) is 0.0107. The number of hydrogen-bond donors (Lipinski definition) is 9. The Bertz CT molecular complexity index is 6140. The number of hydrogen-bond acceptors (Lipinski definition) is 35. The Balaban J connectivity index is 0.000000211. The average Bonchev–Trinajstić information content (AvgIpc) is 1.66. The minimum Gasteiger partial charge on any atom is -0.497 e. The van der Waals surface area contributed by atoms with Gasteiger partial charge in [-0.05, 0) is 177 Å². The molecule has 1 aliphatic rings. The number of Topliss-reactive ketones (excluding diaryl/α,β-unsaturated/α-hetero) is 8. The van der Waals surface area contributed by atoms with Gasteiger partial charge in [0.05, 0.1) is 119 Å². The van der Waals surface area contributed by atoms with Crippen LogP contribution in [0.4, 0.5) is 5.95 Å². The number of carbonyl (C=O) groups is 9. The van der Waals surface area contributed by atoms with Gasteiger partial charge in [0, 0.05) is 99.5 Å². The molecule has 1 fully saturated rings. The first-order chi connectivity index (χ1) is 64.8. The van der Waals surface area contributed by atoms with Gasteiger partial charge >= 0.3 is 5.97 Å². The summed E-state index contributed by atoms with van der Waals surface area (Å²) in [5.41, 5.74) is 12.9. The Kier molecular flexibility index (Phi) is 49.7. The van der Waals surface area contributed by atoms with Crippen LogP contribution in [0.25, 0.3) is 38.2 Å². The second kappa shape index (κ2) is 59.7. The summed E-state index contributed by atoms with van der Waals surface area (Å²) in [6.45, 7) is 9.66. The Hall–Kier alpha value is -9.42. The number of rotatable bonds is 32. The summed E-state index contributed by atoms with van der Waals surface area (Å²) in [5.74, 6) is 3.03. The molecule has 0 unspecified atom stereocenters. The topological polar surface area (TPSA) is 384 Å². The summed E-state index contributed by atoms with van der Waals surface area (Å²) < 4.78 is 15.8. The third-order valence-corrected chi connectivity index (χ3v) is 25.0. The number of aromatic nitrogens is 16. The first kappa shape index (κ1) is 113. The lowest BCUT2D eigenvalue weighted by Gasteiger charge is -2.26. The number of benzene rings is 5. The number of H-pyrrole nitrogens is 1. The van der Waals surface area contributed by atoms with E-state index in [0.717, 1.165) is 125 Å². The number of piperidine rings is 1. The predicted molar refractivity (Wildman–Crippen MR) is 560 cm³/mol. The Morgan fingerprint density at radius 3 is 1.46 bits per heavy atom. The van der Waals surface area contributed by atoms with Crippen molar-refractivity contribution in [2.24, 2.45) is 0 Å². The third kappa shape index (κ3) is 38.1. The first-order valence-corrected chi connectivity index (χ1v) is 49.9. The van der Waals surface area contributed by atoms with Crippen molar-refractivity contribution in [3.63, 3.8) is 0 Å².